The van der Waals surface area contributed by atoms with Crippen molar-refractivity contribution in [3.05, 3.63) is 0 Å². The standard InChI is InChI=1S/C7H13N3O4/c1-8-4(6(12)13)3-5(11)10-7(14)9-2/h4,8H,3H2,1-2H3,(H,12,13)(H2,9,10,11,14). The minimum Gasteiger partial charge on any atom is -0.480 e. The lowest BCUT2D eigenvalue weighted by molar-refractivity contribution is -0.141. The number of carbonyl (C=O) groups excluding carboxylic acids is 2. The fraction of sp³-hybridized carbons (Fsp3) is 0.571. The molecule has 7 heteroatoms. The summed E-state index contributed by atoms with van der Waals surface area (Å²) in [5, 5.41) is 15.1. The van der Waals surface area contributed by atoms with Gasteiger partial charge in [-0.3, -0.25) is 14.9 Å². The molecule has 7 nitrogen and oxygen atoms in total. The van der Waals surface area contributed by atoms with Gasteiger partial charge in [0.2, 0.25) is 5.91 Å². The van der Waals surface area contributed by atoms with Crippen LogP contribution in [0.15, 0.2) is 0 Å². The van der Waals surface area contributed by atoms with Crippen molar-refractivity contribution < 1.29 is 19.5 Å². The lowest BCUT2D eigenvalue weighted by Gasteiger charge is -2.09. The topological polar surface area (TPSA) is 108 Å². The van der Waals surface area contributed by atoms with Crippen molar-refractivity contribution in [3.63, 3.8) is 0 Å². The number of likely N-dealkylation sites (N-methyl/N-ethyl adjacent to an activating group) is 1. The van der Waals surface area contributed by atoms with Crippen molar-refractivity contribution in [1.29, 1.82) is 0 Å². The summed E-state index contributed by atoms with van der Waals surface area (Å²) in [5.74, 6) is -1.79. The Morgan fingerprint density at radius 1 is 1.29 bits per heavy atom. The number of rotatable bonds is 4. The molecule has 3 amide bonds. The molecule has 0 fully saturated rings. The fourth-order valence-corrected chi connectivity index (χ4v) is 0.738. The van der Waals surface area contributed by atoms with Gasteiger partial charge in [0.25, 0.3) is 0 Å². The monoisotopic (exact) mass is 203 g/mol. The Bertz CT molecular complexity index is 241. The van der Waals surface area contributed by atoms with Crippen molar-refractivity contribution in [3.8, 4) is 0 Å². The van der Waals surface area contributed by atoms with Crippen LogP contribution in [0.4, 0.5) is 4.79 Å². The number of nitrogens with one attached hydrogen (secondary N) is 3. The van der Waals surface area contributed by atoms with Gasteiger partial charge in [-0.05, 0) is 7.05 Å². The van der Waals surface area contributed by atoms with Crippen molar-refractivity contribution in [1.82, 2.24) is 16.0 Å². The van der Waals surface area contributed by atoms with E-state index >= 15 is 0 Å². The molecule has 0 aliphatic carbocycles. The van der Waals surface area contributed by atoms with E-state index in [2.05, 4.69) is 10.6 Å². The Hall–Kier alpha value is -1.63. The molecule has 0 saturated carbocycles. The van der Waals surface area contributed by atoms with E-state index in [1.54, 1.807) is 0 Å². The van der Waals surface area contributed by atoms with Gasteiger partial charge in [0, 0.05) is 7.05 Å². The summed E-state index contributed by atoms with van der Waals surface area (Å²) in [4.78, 5) is 32.1. The number of urea groups is 1. The van der Waals surface area contributed by atoms with Crippen LogP contribution in [0, 0.1) is 0 Å². The maximum Gasteiger partial charge on any atom is 0.321 e. The zero-order valence-corrected chi connectivity index (χ0v) is 7.96. The van der Waals surface area contributed by atoms with E-state index < -0.39 is 23.9 Å². The number of hydrogen-bond donors (Lipinski definition) is 4. The fourth-order valence-electron chi connectivity index (χ4n) is 0.738. The second kappa shape index (κ2) is 5.92. The summed E-state index contributed by atoms with van der Waals surface area (Å²) in [6.45, 7) is 0. The molecular weight excluding hydrogens is 190 g/mol. The lowest BCUT2D eigenvalue weighted by atomic mass is 10.2. The first kappa shape index (κ1) is 12.4. The second-order valence-electron chi connectivity index (χ2n) is 2.51. The van der Waals surface area contributed by atoms with Crippen LogP contribution in [0.5, 0.6) is 0 Å². The van der Waals surface area contributed by atoms with Gasteiger partial charge in [-0.1, -0.05) is 0 Å². The third-order valence-corrected chi connectivity index (χ3v) is 1.52. The van der Waals surface area contributed by atoms with E-state index in [1.807, 2.05) is 5.32 Å². The maximum atomic E-state index is 11.0. The van der Waals surface area contributed by atoms with E-state index in [4.69, 9.17) is 5.11 Å². The van der Waals surface area contributed by atoms with Crippen LogP contribution < -0.4 is 16.0 Å². The molecular formula is C7H13N3O4. The first-order valence-corrected chi connectivity index (χ1v) is 3.93. The van der Waals surface area contributed by atoms with Crippen molar-refractivity contribution >= 4 is 17.9 Å². The molecule has 0 bridgehead atoms. The van der Waals surface area contributed by atoms with Crippen LogP contribution in [0.2, 0.25) is 0 Å². The summed E-state index contributed by atoms with van der Waals surface area (Å²) in [5.41, 5.74) is 0. The molecule has 0 rings (SSSR count). The molecule has 1 unspecified atom stereocenters. The molecule has 0 aromatic carbocycles. The van der Waals surface area contributed by atoms with E-state index in [0.29, 0.717) is 0 Å². The number of aliphatic carboxylic acids is 1. The van der Waals surface area contributed by atoms with Crippen LogP contribution in [0.1, 0.15) is 6.42 Å². The highest BCUT2D eigenvalue weighted by molar-refractivity contribution is 5.96. The largest absolute Gasteiger partial charge is 0.480 e. The molecule has 1 atom stereocenters. The molecule has 4 N–H and O–H groups in total. The predicted octanol–water partition coefficient (Wildman–Crippen LogP) is -1.50. The van der Waals surface area contributed by atoms with Crippen molar-refractivity contribution in [2.24, 2.45) is 0 Å². The number of carbonyl (C=O) groups is 3. The van der Waals surface area contributed by atoms with Crippen LogP contribution in [-0.2, 0) is 9.59 Å². The van der Waals surface area contributed by atoms with Gasteiger partial charge < -0.3 is 15.7 Å². The van der Waals surface area contributed by atoms with Gasteiger partial charge in [-0.25, -0.2) is 4.79 Å². The first-order valence-electron chi connectivity index (χ1n) is 3.93. The molecule has 0 heterocycles. The third kappa shape index (κ3) is 4.41. The number of amides is 3. The minimum atomic E-state index is -1.14. The van der Waals surface area contributed by atoms with Gasteiger partial charge >= 0.3 is 12.0 Å². The molecule has 0 radical (unpaired) electrons. The SMILES string of the molecule is CNC(=O)NC(=O)CC(NC)C(=O)O. The second-order valence-corrected chi connectivity index (χ2v) is 2.51. The smallest absolute Gasteiger partial charge is 0.321 e. The van der Waals surface area contributed by atoms with Gasteiger partial charge in [0.1, 0.15) is 6.04 Å². The van der Waals surface area contributed by atoms with Gasteiger partial charge in [-0.15, -0.1) is 0 Å². The molecule has 0 aromatic rings. The predicted molar refractivity (Wildman–Crippen MR) is 47.7 cm³/mol. The Morgan fingerprint density at radius 2 is 1.86 bits per heavy atom. The van der Waals surface area contributed by atoms with Crippen LogP contribution in [0.3, 0.4) is 0 Å². The molecule has 0 saturated heterocycles. The van der Waals surface area contributed by atoms with Crippen molar-refractivity contribution in [2.45, 2.75) is 12.5 Å². The average molecular weight is 203 g/mol. The van der Waals surface area contributed by atoms with Gasteiger partial charge in [-0.2, -0.15) is 0 Å². The Labute approximate surface area is 80.9 Å². The van der Waals surface area contributed by atoms with Crippen LogP contribution >= 0.6 is 0 Å². The zero-order valence-electron chi connectivity index (χ0n) is 7.96. The van der Waals surface area contributed by atoms with Crippen molar-refractivity contribution in [2.75, 3.05) is 14.1 Å². The molecule has 0 aliphatic rings. The summed E-state index contributed by atoms with van der Waals surface area (Å²) in [6, 6.07) is -1.64. The molecule has 0 spiro atoms. The lowest BCUT2D eigenvalue weighted by Crippen LogP contribution is -2.43. The molecule has 0 aliphatic heterocycles. The Balaban J connectivity index is 4.03. The normalized spacial score (nSPS) is 11.6. The highest BCUT2D eigenvalue weighted by atomic mass is 16.4. The first-order chi connectivity index (χ1) is 6.51. The third-order valence-electron chi connectivity index (χ3n) is 1.52. The van der Waals surface area contributed by atoms with E-state index in [-0.39, 0.29) is 6.42 Å². The molecule has 14 heavy (non-hydrogen) atoms. The summed E-state index contributed by atoms with van der Waals surface area (Å²) in [7, 11) is 2.78. The van der Waals surface area contributed by atoms with E-state index in [0.717, 1.165) is 0 Å². The highest BCUT2D eigenvalue weighted by Gasteiger charge is 2.19. The number of hydrogen-bond acceptors (Lipinski definition) is 4. The maximum absolute atomic E-state index is 11.0. The van der Waals surface area contributed by atoms with Gasteiger partial charge in [0.05, 0.1) is 6.42 Å². The summed E-state index contributed by atoms with van der Waals surface area (Å²) in [6.07, 6.45) is -0.292. The average Bonchev–Trinajstić information content (AvgIpc) is 2.13. The van der Waals surface area contributed by atoms with Crippen LogP contribution in [-0.4, -0.2) is 43.2 Å². The number of carboxylic acids is 1. The number of imide groups is 1. The quantitative estimate of drug-likeness (QED) is 0.445. The Morgan fingerprint density at radius 3 is 2.21 bits per heavy atom. The highest BCUT2D eigenvalue weighted by Crippen LogP contribution is 1.91. The van der Waals surface area contributed by atoms with Crippen LogP contribution in [0.25, 0.3) is 0 Å². The minimum absolute atomic E-state index is 0.292. The molecule has 0 aromatic heterocycles. The Kier molecular flexibility index (Phi) is 5.23. The van der Waals surface area contributed by atoms with E-state index in [1.165, 1.54) is 14.1 Å². The summed E-state index contributed by atoms with van der Waals surface area (Å²) >= 11 is 0. The van der Waals surface area contributed by atoms with Gasteiger partial charge in [0.15, 0.2) is 0 Å². The molecule has 80 valence electrons. The summed E-state index contributed by atoms with van der Waals surface area (Å²) < 4.78 is 0. The zero-order chi connectivity index (χ0) is 11.1. The van der Waals surface area contributed by atoms with E-state index in [9.17, 15) is 14.4 Å². The number of carboxylic acid groups (broad SMARTS) is 1.